The van der Waals surface area contributed by atoms with Gasteiger partial charge in [-0.15, -0.1) is 0 Å². The van der Waals surface area contributed by atoms with Gasteiger partial charge in [-0.3, -0.25) is 4.79 Å². The van der Waals surface area contributed by atoms with E-state index in [0.29, 0.717) is 6.04 Å². The molecule has 2 N–H and O–H groups in total. The Balaban J connectivity index is 3.57. The van der Waals surface area contributed by atoms with Crippen LogP contribution in [-0.4, -0.2) is 49.6 Å². The minimum atomic E-state index is -0.0915. The van der Waals surface area contributed by atoms with Crippen molar-refractivity contribution in [3.05, 3.63) is 0 Å². The Labute approximate surface area is 113 Å². The van der Waals surface area contributed by atoms with E-state index < -0.39 is 0 Å². The summed E-state index contributed by atoms with van der Waals surface area (Å²) in [6, 6.07) is 0.492. The highest BCUT2D eigenvalue weighted by Crippen LogP contribution is 1.94. The smallest absolute Gasteiger partial charge is 0.236 e. The van der Waals surface area contributed by atoms with Crippen LogP contribution < -0.4 is 10.6 Å². The average molecular weight is 257 g/mol. The van der Waals surface area contributed by atoms with Crippen LogP contribution in [0.15, 0.2) is 0 Å². The maximum Gasteiger partial charge on any atom is 0.236 e. The van der Waals surface area contributed by atoms with Crippen molar-refractivity contribution in [1.29, 1.82) is 0 Å². The lowest BCUT2D eigenvalue weighted by molar-refractivity contribution is -0.122. The van der Waals surface area contributed by atoms with Crippen molar-refractivity contribution in [1.82, 2.24) is 15.5 Å². The molecule has 0 aromatic rings. The number of unbranched alkanes of at least 4 members (excludes halogenated alkanes) is 1. The lowest BCUT2D eigenvalue weighted by atomic mass is 10.2. The third-order valence-electron chi connectivity index (χ3n) is 3.24. The number of rotatable bonds is 10. The minimum absolute atomic E-state index is 0.0915. The van der Waals surface area contributed by atoms with Gasteiger partial charge in [-0.2, -0.15) is 0 Å². The molecule has 4 nitrogen and oxygen atoms in total. The van der Waals surface area contributed by atoms with Crippen LogP contribution >= 0.6 is 0 Å². The van der Waals surface area contributed by atoms with Gasteiger partial charge in [0.1, 0.15) is 0 Å². The summed E-state index contributed by atoms with van der Waals surface area (Å²) in [6.07, 6.45) is 3.24. The first-order valence-corrected chi connectivity index (χ1v) is 7.20. The summed E-state index contributed by atoms with van der Waals surface area (Å²) in [5, 5.41) is 6.20. The Bertz CT molecular complexity index is 219. The Morgan fingerprint density at radius 2 is 1.83 bits per heavy atom. The highest BCUT2D eigenvalue weighted by atomic mass is 16.2. The van der Waals surface area contributed by atoms with Crippen LogP contribution in [0.2, 0.25) is 0 Å². The van der Waals surface area contributed by atoms with Gasteiger partial charge in [0, 0.05) is 12.6 Å². The number of nitrogens with one attached hydrogen (secondary N) is 2. The molecule has 0 aliphatic heterocycles. The Kier molecular flexibility index (Phi) is 9.98. The monoisotopic (exact) mass is 257 g/mol. The Hall–Kier alpha value is -0.610. The molecule has 0 aliphatic carbocycles. The molecule has 4 heteroatoms. The summed E-state index contributed by atoms with van der Waals surface area (Å²) >= 11 is 0. The van der Waals surface area contributed by atoms with Crippen LogP contribution in [0.25, 0.3) is 0 Å². The zero-order chi connectivity index (χ0) is 14.0. The largest absolute Gasteiger partial charge is 0.355 e. The van der Waals surface area contributed by atoms with Crippen molar-refractivity contribution in [2.24, 2.45) is 0 Å². The molecule has 108 valence electrons. The predicted molar refractivity (Wildman–Crippen MR) is 77.8 cm³/mol. The zero-order valence-electron chi connectivity index (χ0n) is 12.8. The fourth-order valence-electron chi connectivity index (χ4n) is 1.54. The van der Waals surface area contributed by atoms with Crippen LogP contribution in [-0.2, 0) is 4.79 Å². The minimum Gasteiger partial charge on any atom is -0.355 e. The number of hydrogen-bond donors (Lipinski definition) is 2. The SMILES string of the molecule is CCCCNC(=O)C(C)NCCCN(C)C(C)C. The lowest BCUT2D eigenvalue weighted by Gasteiger charge is -2.21. The predicted octanol–water partition coefficient (Wildman–Crippen LogP) is 1.61. The highest BCUT2D eigenvalue weighted by molar-refractivity contribution is 5.81. The first-order chi connectivity index (χ1) is 8.49. The van der Waals surface area contributed by atoms with Gasteiger partial charge in [0.05, 0.1) is 6.04 Å². The van der Waals surface area contributed by atoms with Crippen molar-refractivity contribution in [2.75, 3.05) is 26.7 Å². The molecule has 0 radical (unpaired) electrons. The summed E-state index contributed by atoms with van der Waals surface area (Å²) in [6.45, 7) is 11.2. The summed E-state index contributed by atoms with van der Waals surface area (Å²) < 4.78 is 0. The fourth-order valence-corrected chi connectivity index (χ4v) is 1.54. The summed E-state index contributed by atoms with van der Waals surface area (Å²) in [5.74, 6) is 0.112. The van der Waals surface area contributed by atoms with Gasteiger partial charge in [-0.25, -0.2) is 0 Å². The quantitative estimate of drug-likeness (QED) is 0.584. The molecule has 0 fully saturated rings. The summed E-state index contributed by atoms with van der Waals surface area (Å²) in [5.41, 5.74) is 0. The van der Waals surface area contributed by atoms with E-state index in [1.165, 1.54) is 0 Å². The maximum atomic E-state index is 11.7. The summed E-state index contributed by atoms with van der Waals surface area (Å²) in [7, 11) is 2.13. The van der Waals surface area contributed by atoms with E-state index in [-0.39, 0.29) is 11.9 Å². The van der Waals surface area contributed by atoms with Gasteiger partial charge < -0.3 is 15.5 Å². The van der Waals surface area contributed by atoms with Gasteiger partial charge in [-0.05, 0) is 53.8 Å². The molecule has 1 unspecified atom stereocenters. The first-order valence-electron chi connectivity index (χ1n) is 7.20. The second-order valence-corrected chi connectivity index (χ2v) is 5.25. The number of hydrogen-bond acceptors (Lipinski definition) is 3. The second-order valence-electron chi connectivity index (χ2n) is 5.25. The molecule has 0 aromatic heterocycles. The molecule has 1 atom stereocenters. The van der Waals surface area contributed by atoms with Crippen LogP contribution in [0.4, 0.5) is 0 Å². The van der Waals surface area contributed by atoms with Crippen LogP contribution in [0.5, 0.6) is 0 Å². The fraction of sp³-hybridized carbons (Fsp3) is 0.929. The lowest BCUT2D eigenvalue weighted by Crippen LogP contribution is -2.43. The zero-order valence-corrected chi connectivity index (χ0v) is 12.8. The van der Waals surface area contributed by atoms with Crippen LogP contribution in [0, 0.1) is 0 Å². The molecule has 0 aromatic carbocycles. The van der Waals surface area contributed by atoms with E-state index in [4.69, 9.17) is 0 Å². The first kappa shape index (κ1) is 17.4. The molecule has 0 rings (SSSR count). The summed E-state index contributed by atoms with van der Waals surface area (Å²) in [4.78, 5) is 14.0. The second kappa shape index (κ2) is 10.3. The third kappa shape index (κ3) is 8.48. The molecule has 0 saturated heterocycles. The van der Waals surface area contributed by atoms with Crippen molar-refractivity contribution < 1.29 is 4.79 Å². The molecule has 1 amide bonds. The van der Waals surface area contributed by atoms with E-state index in [0.717, 1.165) is 38.9 Å². The molecular weight excluding hydrogens is 226 g/mol. The topological polar surface area (TPSA) is 44.4 Å². The standard InChI is InChI=1S/C14H31N3O/c1-6-7-9-16-14(18)13(4)15-10-8-11-17(5)12(2)3/h12-13,15H,6-11H2,1-5H3,(H,16,18). The van der Waals surface area contributed by atoms with E-state index in [2.05, 4.69) is 43.4 Å². The number of amides is 1. The molecular formula is C14H31N3O. The van der Waals surface area contributed by atoms with Gasteiger partial charge in [0.25, 0.3) is 0 Å². The van der Waals surface area contributed by atoms with Crippen LogP contribution in [0.1, 0.15) is 47.0 Å². The Morgan fingerprint density at radius 3 is 2.39 bits per heavy atom. The Morgan fingerprint density at radius 1 is 1.17 bits per heavy atom. The van der Waals surface area contributed by atoms with Crippen LogP contribution in [0.3, 0.4) is 0 Å². The number of carbonyl (C=O) groups is 1. The highest BCUT2D eigenvalue weighted by Gasteiger charge is 2.10. The van der Waals surface area contributed by atoms with E-state index >= 15 is 0 Å². The van der Waals surface area contributed by atoms with Crippen molar-refractivity contribution in [2.45, 2.75) is 59.0 Å². The van der Waals surface area contributed by atoms with Gasteiger partial charge in [-0.1, -0.05) is 13.3 Å². The van der Waals surface area contributed by atoms with E-state index in [1.54, 1.807) is 0 Å². The maximum absolute atomic E-state index is 11.7. The van der Waals surface area contributed by atoms with Crippen molar-refractivity contribution >= 4 is 5.91 Å². The third-order valence-corrected chi connectivity index (χ3v) is 3.24. The van der Waals surface area contributed by atoms with Crippen molar-refractivity contribution in [3.8, 4) is 0 Å². The van der Waals surface area contributed by atoms with E-state index in [9.17, 15) is 4.79 Å². The molecule has 0 heterocycles. The molecule has 18 heavy (non-hydrogen) atoms. The molecule has 0 aliphatic rings. The average Bonchev–Trinajstić information content (AvgIpc) is 2.33. The van der Waals surface area contributed by atoms with Gasteiger partial charge in [0.2, 0.25) is 5.91 Å². The number of nitrogens with zero attached hydrogens (tertiary/aromatic N) is 1. The van der Waals surface area contributed by atoms with Gasteiger partial charge >= 0.3 is 0 Å². The molecule has 0 saturated carbocycles. The molecule has 0 bridgehead atoms. The number of carbonyl (C=O) groups excluding carboxylic acids is 1. The van der Waals surface area contributed by atoms with E-state index in [1.807, 2.05) is 6.92 Å². The van der Waals surface area contributed by atoms with Gasteiger partial charge in [0.15, 0.2) is 0 Å². The van der Waals surface area contributed by atoms with Crippen molar-refractivity contribution in [3.63, 3.8) is 0 Å². The normalized spacial score (nSPS) is 13.1. The molecule has 0 spiro atoms.